The molecule has 4 heteroatoms. The molecule has 4 rings (SSSR count). The Labute approximate surface area is 188 Å². The predicted molar refractivity (Wildman–Crippen MR) is 130 cm³/mol. The summed E-state index contributed by atoms with van der Waals surface area (Å²) < 4.78 is 14.9. The van der Waals surface area contributed by atoms with E-state index in [9.17, 15) is 14.2 Å². The van der Waals surface area contributed by atoms with Crippen LogP contribution < -0.4 is 10.6 Å². The fourth-order valence-electron chi connectivity index (χ4n) is 3.91. The molecular weight excluding hydrogens is 415 g/mol. The van der Waals surface area contributed by atoms with E-state index in [1.807, 2.05) is 48.5 Å². The SMILES string of the molecule is O=C(CC(C(=O)c1ccccc1)P(=O)(c1ccccc1)c1ccccc1)c1ccccc1. The topological polar surface area (TPSA) is 51.2 Å². The third-order valence-electron chi connectivity index (χ3n) is 5.55. The van der Waals surface area contributed by atoms with Gasteiger partial charge in [0.2, 0.25) is 0 Å². The van der Waals surface area contributed by atoms with E-state index in [0.717, 1.165) is 0 Å². The second-order valence-corrected chi connectivity index (χ2v) is 10.5. The molecule has 0 amide bonds. The third kappa shape index (κ3) is 4.39. The lowest BCUT2D eigenvalue weighted by molar-refractivity contribution is 0.0921. The maximum absolute atomic E-state index is 14.9. The lowest BCUT2D eigenvalue weighted by Gasteiger charge is -2.28. The smallest absolute Gasteiger partial charge is 0.174 e. The summed E-state index contributed by atoms with van der Waals surface area (Å²) in [5, 5.41) is 1.14. The van der Waals surface area contributed by atoms with Gasteiger partial charge in [-0.25, -0.2) is 0 Å². The van der Waals surface area contributed by atoms with Gasteiger partial charge in [0, 0.05) is 28.2 Å². The van der Waals surface area contributed by atoms with Gasteiger partial charge in [-0.3, -0.25) is 9.59 Å². The Hall–Kier alpha value is -3.55. The van der Waals surface area contributed by atoms with Gasteiger partial charge in [-0.2, -0.15) is 0 Å². The summed E-state index contributed by atoms with van der Waals surface area (Å²) in [4.78, 5) is 27.0. The monoisotopic (exact) mass is 438 g/mol. The van der Waals surface area contributed by atoms with Crippen molar-refractivity contribution in [3.8, 4) is 0 Å². The van der Waals surface area contributed by atoms with Crippen LogP contribution in [0.15, 0.2) is 121 Å². The van der Waals surface area contributed by atoms with Crippen molar-refractivity contribution in [1.29, 1.82) is 0 Å². The van der Waals surface area contributed by atoms with E-state index in [-0.39, 0.29) is 18.0 Å². The Morgan fingerprint density at radius 3 is 1.38 bits per heavy atom. The van der Waals surface area contributed by atoms with E-state index < -0.39 is 12.8 Å². The van der Waals surface area contributed by atoms with Crippen molar-refractivity contribution in [3.05, 3.63) is 132 Å². The molecule has 0 heterocycles. The van der Waals surface area contributed by atoms with Crippen molar-refractivity contribution in [1.82, 2.24) is 0 Å². The summed E-state index contributed by atoms with van der Waals surface area (Å²) in [7, 11) is -3.50. The van der Waals surface area contributed by atoms with Crippen molar-refractivity contribution < 1.29 is 14.2 Å². The van der Waals surface area contributed by atoms with Crippen LogP contribution in [0.3, 0.4) is 0 Å². The van der Waals surface area contributed by atoms with E-state index >= 15 is 0 Å². The Balaban J connectivity index is 1.88. The number of carbonyl (C=O) groups excluding carboxylic acids is 2. The van der Waals surface area contributed by atoms with E-state index in [1.54, 1.807) is 72.8 Å². The Morgan fingerprint density at radius 1 is 0.562 bits per heavy atom. The van der Waals surface area contributed by atoms with Crippen LogP contribution >= 0.6 is 7.14 Å². The fraction of sp³-hybridized carbons (Fsp3) is 0.0714. The minimum atomic E-state index is -3.50. The van der Waals surface area contributed by atoms with Crippen LogP contribution in [0.2, 0.25) is 0 Å². The molecular formula is C28H23O3P. The molecule has 0 aliphatic heterocycles. The van der Waals surface area contributed by atoms with Crippen LogP contribution in [-0.2, 0) is 4.57 Å². The quantitative estimate of drug-likeness (QED) is 0.269. The summed E-state index contributed by atoms with van der Waals surface area (Å²) in [5.74, 6) is -0.488. The Kier molecular flexibility index (Phi) is 6.58. The van der Waals surface area contributed by atoms with Gasteiger partial charge in [-0.1, -0.05) is 121 Å². The standard InChI is InChI=1S/C28H23O3P/c29-26(22-13-5-1-6-14-22)21-27(28(30)23-15-7-2-8-16-23)32(31,24-17-9-3-10-18-24)25-19-11-4-12-20-25/h1-20,27H,21H2. The lowest BCUT2D eigenvalue weighted by Crippen LogP contribution is -2.33. The second-order valence-electron chi connectivity index (χ2n) is 7.57. The molecule has 0 fully saturated rings. The highest BCUT2D eigenvalue weighted by Crippen LogP contribution is 2.51. The molecule has 4 aromatic carbocycles. The average Bonchev–Trinajstić information content (AvgIpc) is 2.88. The summed E-state index contributed by atoms with van der Waals surface area (Å²) in [6.07, 6.45) is -0.140. The number of ketones is 2. The van der Waals surface area contributed by atoms with Crippen molar-refractivity contribution in [2.24, 2.45) is 0 Å². The molecule has 0 aliphatic carbocycles. The molecule has 0 aliphatic rings. The molecule has 32 heavy (non-hydrogen) atoms. The first-order chi connectivity index (χ1) is 15.6. The summed E-state index contributed by atoms with van der Waals surface area (Å²) in [5.41, 5.74) is -0.0566. The summed E-state index contributed by atoms with van der Waals surface area (Å²) in [6, 6.07) is 35.8. The Morgan fingerprint density at radius 2 is 0.938 bits per heavy atom. The largest absolute Gasteiger partial charge is 0.313 e. The van der Waals surface area contributed by atoms with Gasteiger partial charge < -0.3 is 4.57 Å². The van der Waals surface area contributed by atoms with Crippen LogP contribution in [0.5, 0.6) is 0 Å². The molecule has 3 nitrogen and oxygen atoms in total. The zero-order valence-corrected chi connectivity index (χ0v) is 18.4. The minimum absolute atomic E-state index is 0.140. The van der Waals surface area contributed by atoms with Gasteiger partial charge in [0.05, 0.1) is 5.66 Å². The van der Waals surface area contributed by atoms with Crippen LogP contribution in [0.25, 0.3) is 0 Å². The number of Topliss-reactive ketones (excluding diaryl/α,β-unsaturated/α-hetero) is 2. The first-order valence-corrected chi connectivity index (χ1v) is 12.3. The molecule has 0 saturated carbocycles. The zero-order chi connectivity index (χ0) is 22.4. The van der Waals surface area contributed by atoms with Gasteiger partial charge in [-0.15, -0.1) is 0 Å². The predicted octanol–water partition coefficient (Wildman–Crippen LogP) is 5.53. The van der Waals surface area contributed by atoms with Gasteiger partial charge in [0.25, 0.3) is 0 Å². The molecule has 0 radical (unpaired) electrons. The Bertz CT molecular complexity index is 1190. The maximum Gasteiger partial charge on any atom is 0.174 e. The lowest BCUT2D eigenvalue weighted by atomic mass is 10.0. The molecule has 0 aromatic heterocycles. The second kappa shape index (κ2) is 9.72. The van der Waals surface area contributed by atoms with E-state index in [0.29, 0.717) is 21.7 Å². The molecule has 0 N–H and O–H groups in total. The number of rotatable bonds is 8. The van der Waals surface area contributed by atoms with Crippen LogP contribution in [0.1, 0.15) is 27.1 Å². The zero-order valence-electron chi connectivity index (χ0n) is 17.5. The van der Waals surface area contributed by atoms with Crippen molar-refractivity contribution in [3.63, 3.8) is 0 Å². The van der Waals surface area contributed by atoms with Crippen molar-refractivity contribution in [2.45, 2.75) is 12.1 Å². The number of hydrogen-bond acceptors (Lipinski definition) is 3. The van der Waals surface area contributed by atoms with Crippen LogP contribution in [-0.4, -0.2) is 17.2 Å². The molecule has 1 atom stereocenters. The van der Waals surface area contributed by atoms with Gasteiger partial charge in [-0.05, 0) is 0 Å². The molecule has 158 valence electrons. The van der Waals surface area contributed by atoms with E-state index in [1.165, 1.54) is 0 Å². The summed E-state index contributed by atoms with van der Waals surface area (Å²) in [6.45, 7) is 0. The average molecular weight is 438 g/mol. The van der Waals surface area contributed by atoms with Gasteiger partial charge in [0.15, 0.2) is 18.7 Å². The highest BCUT2D eigenvalue weighted by molar-refractivity contribution is 7.80. The molecule has 1 unspecified atom stereocenters. The normalized spacial score (nSPS) is 12.1. The molecule has 0 bridgehead atoms. The number of hydrogen-bond donors (Lipinski definition) is 0. The van der Waals surface area contributed by atoms with Crippen molar-refractivity contribution >= 4 is 29.3 Å². The van der Waals surface area contributed by atoms with Gasteiger partial charge in [0.1, 0.15) is 0 Å². The number of carbonyl (C=O) groups is 2. The molecule has 4 aromatic rings. The van der Waals surface area contributed by atoms with Crippen LogP contribution in [0.4, 0.5) is 0 Å². The van der Waals surface area contributed by atoms with E-state index in [4.69, 9.17) is 0 Å². The highest BCUT2D eigenvalue weighted by Gasteiger charge is 2.42. The first kappa shape index (κ1) is 21.7. The molecule has 0 spiro atoms. The molecule has 0 saturated heterocycles. The van der Waals surface area contributed by atoms with Gasteiger partial charge >= 0.3 is 0 Å². The third-order valence-corrected chi connectivity index (χ3v) is 8.98. The van der Waals surface area contributed by atoms with Crippen molar-refractivity contribution in [2.75, 3.05) is 0 Å². The van der Waals surface area contributed by atoms with E-state index in [2.05, 4.69) is 0 Å². The van der Waals surface area contributed by atoms with Crippen LogP contribution in [0, 0.1) is 0 Å². The highest BCUT2D eigenvalue weighted by atomic mass is 31.2. The fourth-order valence-corrected chi connectivity index (χ4v) is 7.06. The first-order valence-electron chi connectivity index (χ1n) is 10.5. The minimum Gasteiger partial charge on any atom is -0.313 e. The number of benzene rings is 4. The summed E-state index contributed by atoms with van der Waals surface area (Å²) >= 11 is 0. The maximum atomic E-state index is 14.9.